The van der Waals surface area contributed by atoms with Crippen LogP contribution in [0.15, 0.2) is 207 Å². The molecule has 0 unspecified atom stereocenters. The molecule has 20 aromatic heterocycles. The van der Waals surface area contributed by atoms with Crippen molar-refractivity contribution in [2.45, 2.75) is 189 Å². The van der Waals surface area contributed by atoms with E-state index in [0.29, 0.717) is 106 Å². The maximum atomic E-state index is 5.88. The Morgan fingerprint density at radius 1 is 0.205 bits per heavy atom. The van der Waals surface area contributed by atoms with Crippen LogP contribution < -0.4 is 9.47 Å². The van der Waals surface area contributed by atoms with Crippen molar-refractivity contribution in [3.05, 3.63) is 340 Å². The molecule has 47 heteroatoms. The third-order valence-electron chi connectivity index (χ3n) is 20.3. The average molecular weight is 2860 g/mol. The summed E-state index contributed by atoms with van der Waals surface area (Å²) in [5.74, 6) is 12.0. The maximum absolute atomic E-state index is 5.88. The first-order valence-electron chi connectivity index (χ1n) is 44.6. The van der Waals surface area contributed by atoms with Crippen LogP contribution in [0.3, 0.4) is 0 Å². The van der Waals surface area contributed by atoms with Gasteiger partial charge < -0.3 is 106 Å². The molecule has 0 bridgehead atoms. The van der Waals surface area contributed by atoms with Gasteiger partial charge in [-0.25, -0.2) is 51.0 Å². The van der Waals surface area contributed by atoms with Crippen LogP contribution in [-0.4, -0.2) is 197 Å². The Balaban J connectivity index is 0.000000173. The topological polar surface area (TPSA) is 454 Å². The third kappa shape index (κ3) is 29.2. The number of hydrogen-bond donors (Lipinski definition) is 0. The number of ether oxygens (including phenoxy) is 2. The molecule has 0 radical (unpaired) electrons. The van der Waals surface area contributed by atoms with Crippen molar-refractivity contribution in [2.24, 2.45) is 0 Å². The molecule has 0 amide bonds. The van der Waals surface area contributed by atoms with Crippen molar-refractivity contribution < 1.29 is 115 Å². The van der Waals surface area contributed by atoms with Crippen LogP contribution in [0.5, 0.6) is 23.5 Å². The fourth-order valence-corrected chi connectivity index (χ4v) is 12.6. The molecule has 0 aromatic carbocycles. The average Bonchev–Trinajstić information content (AvgIpc) is 1.39. The summed E-state index contributed by atoms with van der Waals surface area (Å²) < 4.78 is 26.8. The molecule has 0 saturated heterocycles. The molecule has 0 atom stereocenters. The summed E-state index contributed by atoms with van der Waals surface area (Å²) in [5.41, 5.74) is 3.81. The van der Waals surface area contributed by atoms with Gasteiger partial charge in [-0.15, -0.1) is 0 Å². The Labute approximate surface area is 915 Å². The Bertz CT molecular complexity index is 6760. The number of nitrogens with zero attached hydrogens (tertiary/aromatic N) is 40. The smallest absolute Gasteiger partial charge is 0.423 e. The molecule has 0 saturated carbocycles. The predicted molar refractivity (Wildman–Crippen MR) is 510 cm³/mol. The minimum Gasteiger partial charge on any atom is -0.423 e. The van der Waals surface area contributed by atoms with Crippen LogP contribution in [0, 0.1) is 63.3 Å². The van der Waals surface area contributed by atoms with Crippen molar-refractivity contribution in [1.82, 2.24) is 197 Å². The number of hydrogen-bond acceptors (Lipinski definition) is 32. The summed E-state index contributed by atoms with van der Waals surface area (Å²) in [6.07, 6.45) is 35.0. The van der Waals surface area contributed by atoms with Gasteiger partial charge in [-0.2, -0.15) is 0 Å². The second-order valence-corrected chi connectivity index (χ2v) is 38.5. The van der Waals surface area contributed by atoms with Gasteiger partial charge in [0.05, 0.1) is 93.1 Å². The van der Waals surface area contributed by atoms with Crippen LogP contribution in [0.1, 0.15) is 208 Å². The molecule has 0 aliphatic heterocycles. The SMILES string of the molecule is CC(C)(C)c1n[c-]n(-c2cccc(C(C)(C)c3cccc(-n4[c-]nc(C(C)(C)C)n4)n3)n2)n1.CC(C)(C)c1n[c-]n(-c2cccc(Cc3cccc(-n4[c-]nc(C(C)(C)C)n4)n3)n2)n1.CC(C)(C)c1n[c-]n(-c2cccc(Oc3cccc(-n4[c-]nc(C(C)(C)C)n4)n3)n2)n1.[Pt+2].[Pt+2].[Pt+2].[Pt+2].[Pt+2].[c-]1ncnn1-c1cccc(Cc2cccc(-n3[c-]ncn3)n2)n1.[c-]1ncnn1-c1cccc(Oc2cccc(-n3[c-]ncn3)n2)n1. The van der Waals surface area contributed by atoms with Gasteiger partial charge in [0.15, 0.2) is 0 Å². The Morgan fingerprint density at radius 2 is 0.384 bits per heavy atom. The first-order valence-corrected chi connectivity index (χ1v) is 44.6. The second-order valence-electron chi connectivity index (χ2n) is 38.5. The monoisotopic (exact) mass is 2850 g/mol. The minimum absolute atomic E-state index is 0. The van der Waals surface area contributed by atoms with Gasteiger partial charge in [-0.3, -0.25) is 49.8 Å². The first-order chi connectivity index (χ1) is 67.3. The zero-order chi connectivity index (χ0) is 99.4. The zero-order valence-electron chi connectivity index (χ0n) is 82.8. The largest absolute Gasteiger partial charge is 2.00 e. The first kappa shape index (κ1) is 112. The van der Waals surface area contributed by atoms with Crippen LogP contribution in [0.2, 0.25) is 0 Å². The van der Waals surface area contributed by atoms with Gasteiger partial charge in [0, 0.05) is 141 Å². The molecule has 42 nitrogen and oxygen atoms in total. The molecule has 146 heavy (non-hydrogen) atoms. The van der Waals surface area contributed by atoms with E-state index >= 15 is 0 Å². The Morgan fingerprint density at radius 3 is 0.575 bits per heavy atom. The molecule has 0 fully saturated rings. The van der Waals surface area contributed by atoms with E-state index in [1.54, 1.807) is 67.3 Å². The zero-order valence-corrected chi connectivity index (χ0v) is 94.2. The van der Waals surface area contributed by atoms with Gasteiger partial charge in [0.25, 0.3) is 0 Å². The maximum Gasteiger partial charge on any atom is 2.00 e. The van der Waals surface area contributed by atoms with Gasteiger partial charge in [0.1, 0.15) is 0 Å². The van der Waals surface area contributed by atoms with E-state index in [1.165, 1.54) is 53.4 Å². The van der Waals surface area contributed by atoms with Crippen LogP contribution in [0.25, 0.3) is 58.2 Å². The molecule has 0 spiro atoms. The molecular formula is C99H98N40O2Pt5. The summed E-state index contributed by atoms with van der Waals surface area (Å²) in [4.78, 5) is 86.9. The Kier molecular flexibility index (Phi) is 37.1. The van der Waals surface area contributed by atoms with E-state index in [-0.39, 0.29) is 138 Å². The molecule has 756 valence electrons. The fraction of sp³-hybridized carbons (Fsp3) is 0.293. The van der Waals surface area contributed by atoms with E-state index in [1.807, 2.05) is 175 Å². The van der Waals surface area contributed by atoms with Crippen molar-refractivity contribution in [3.8, 4) is 81.7 Å². The van der Waals surface area contributed by atoms with Gasteiger partial charge >= 0.3 is 105 Å². The van der Waals surface area contributed by atoms with Gasteiger partial charge in [-0.05, 0) is 107 Å². The van der Waals surface area contributed by atoms with Crippen molar-refractivity contribution in [1.29, 1.82) is 0 Å². The molecule has 0 aliphatic carbocycles. The number of pyridine rings is 10. The van der Waals surface area contributed by atoms with Gasteiger partial charge in [0.2, 0.25) is 23.5 Å². The van der Waals surface area contributed by atoms with Crippen molar-refractivity contribution in [3.63, 3.8) is 0 Å². The van der Waals surface area contributed by atoms with E-state index < -0.39 is 5.41 Å². The molecule has 0 N–H and O–H groups in total. The quantitative estimate of drug-likeness (QED) is 0.0639. The van der Waals surface area contributed by atoms with Crippen molar-refractivity contribution >= 4 is 0 Å². The minimum atomic E-state index is -0.465. The summed E-state index contributed by atoms with van der Waals surface area (Å²) in [6, 6.07) is 56.1. The second kappa shape index (κ2) is 48.3. The van der Waals surface area contributed by atoms with Crippen molar-refractivity contribution in [2.75, 3.05) is 0 Å². The third-order valence-corrected chi connectivity index (χ3v) is 20.3. The molecule has 20 heterocycles. The number of aromatic nitrogens is 40. The normalized spacial score (nSPS) is 11.5. The summed E-state index contributed by atoms with van der Waals surface area (Å²) in [6.45, 7) is 41.3. The van der Waals surface area contributed by atoms with Crippen LogP contribution >= 0.6 is 0 Å². The standard InChI is InChI=1S/C25H30N8.C23H26N8.C22H24N8O.C15H10N8.C14H8N8O.5Pt/c1-23(2,3)21-26-15-32(30-21)19-13-9-11-17(28-19)25(7,8)18-12-10-14-20(29-18)33-16-27-22(31-33)24(4,5)6;1-22(2,3)20-24-14-30(28-20)18-11-7-9-16(26-18)13-17-10-8-12-19(27-17)31-15-25-21(29-31)23(4,5)6;1-21(2,3)19-23-13-29(27-19)15-9-7-11-17(25-15)31-18-12-8-10-16(26-18)30-14-24-20(28-30)22(4,5)6;1-3-12(20-14(5-1)22-10-16-8-18-22)7-13-4-2-6-15(21-13)23-11-17-9-19-23;1-3-11(21-9-15-7-17-21)19-13(5-1)23-14-6-2-4-12(20-14)22-10-16-8-18-22;;;;;/h9-14H,1-8H3;7-12H,13H2,1-6H3;7-12H,1-6H3;1-6,8-9H,7H2;1-8H;;;;;/q5*-2;5*+2. The molecular weight excluding hydrogens is 2760 g/mol. The summed E-state index contributed by atoms with van der Waals surface area (Å²) >= 11 is 0. The van der Waals surface area contributed by atoms with E-state index in [2.05, 4.69) is 291 Å². The Hall–Kier alpha value is -14.1. The van der Waals surface area contributed by atoms with Crippen LogP contribution in [-0.2, 0) is 156 Å². The van der Waals surface area contributed by atoms with E-state index in [0.717, 1.165) is 57.5 Å². The predicted octanol–water partition coefficient (Wildman–Crippen LogP) is 13.1. The number of rotatable bonds is 20. The van der Waals surface area contributed by atoms with Gasteiger partial charge in [-0.1, -0.05) is 246 Å². The molecule has 20 aromatic rings. The van der Waals surface area contributed by atoms with Crippen LogP contribution in [0.4, 0.5) is 0 Å². The van der Waals surface area contributed by atoms with E-state index in [4.69, 9.17) is 29.4 Å². The molecule has 0 aliphatic rings. The summed E-state index contributed by atoms with van der Waals surface area (Å²) in [5, 5.41) is 43.1. The molecule has 20 rings (SSSR count). The fourth-order valence-electron chi connectivity index (χ4n) is 12.6. The summed E-state index contributed by atoms with van der Waals surface area (Å²) in [7, 11) is 0. The van der Waals surface area contributed by atoms with E-state index in [9.17, 15) is 0 Å².